The van der Waals surface area contributed by atoms with Crippen molar-refractivity contribution in [1.29, 1.82) is 0 Å². The fourth-order valence-corrected chi connectivity index (χ4v) is 4.43. The molecule has 2 aliphatic heterocycles. The molecule has 0 spiro atoms. The Hall–Kier alpha value is -4.21. The number of hydrogen-bond donors (Lipinski definition) is 1. The smallest absolute Gasteiger partial charge is 0.228 e. The van der Waals surface area contributed by atoms with E-state index in [9.17, 15) is 9.59 Å². The van der Waals surface area contributed by atoms with Crippen molar-refractivity contribution < 1.29 is 14.3 Å². The van der Waals surface area contributed by atoms with Crippen LogP contribution in [0.25, 0.3) is 0 Å². The highest BCUT2D eigenvalue weighted by Crippen LogP contribution is 2.28. The molecular weight excluding hydrogens is 446 g/mol. The molecule has 180 valence electrons. The number of carbonyl (C=O) groups is 2. The molecule has 0 saturated carbocycles. The molecule has 5 rings (SSSR count). The van der Waals surface area contributed by atoms with Gasteiger partial charge in [-0.2, -0.15) is 0 Å². The van der Waals surface area contributed by atoms with E-state index in [2.05, 4.69) is 25.4 Å². The molecule has 10 heteroatoms. The van der Waals surface area contributed by atoms with Crippen LogP contribution in [0.4, 0.5) is 23.1 Å². The first-order valence-corrected chi connectivity index (χ1v) is 11.6. The zero-order chi connectivity index (χ0) is 24.2. The Morgan fingerprint density at radius 1 is 0.971 bits per heavy atom. The lowest BCUT2D eigenvalue weighted by Crippen LogP contribution is -2.51. The summed E-state index contributed by atoms with van der Waals surface area (Å²) in [5.74, 6) is 2.51. The molecule has 10 nitrogen and oxygen atoms in total. The van der Waals surface area contributed by atoms with Crippen LogP contribution in [0.5, 0.6) is 5.75 Å². The van der Waals surface area contributed by atoms with Crippen molar-refractivity contribution in [3.8, 4) is 5.75 Å². The highest BCUT2D eigenvalue weighted by molar-refractivity contribution is 6.00. The second-order valence-corrected chi connectivity index (χ2v) is 8.53. The van der Waals surface area contributed by atoms with E-state index in [1.54, 1.807) is 18.2 Å². The molecule has 1 atom stereocenters. The lowest BCUT2D eigenvalue weighted by molar-refractivity contribution is -0.136. The lowest BCUT2D eigenvalue weighted by Gasteiger charge is -2.36. The monoisotopic (exact) mass is 473 g/mol. The molecule has 2 saturated heterocycles. The molecule has 1 aromatic carbocycles. The number of methoxy groups -OCH3 is 1. The van der Waals surface area contributed by atoms with Gasteiger partial charge >= 0.3 is 0 Å². The molecule has 1 N–H and O–H groups in total. The minimum Gasteiger partial charge on any atom is -0.497 e. The Morgan fingerprint density at radius 3 is 2.43 bits per heavy atom. The van der Waals surface area contributed by atoms with Crippen LogP contribution >= 0.6 is 0 Å². The third-order valence-corrected chi connectivity index (χ3v) is 6.35. The van der Waals surface area contributed by atoms with Crippen molar-refractivity contribution in [1.82, 2.24) is 20.1 Å². The number of amides is 2. The average Bonchev–Trinajstić information content (AvgIpc) is 3.31. The second kappa shape index (κ2) is 9.96. The van der Waals surface area contributed by atoms with Gasteiger partial charge in [0.2, 0.25) is 11.8 Å². The van der Waals surface area contributed by atoms with Gasteiger partial charge in [0, 0.05) is 51.0 Å². The van der Waals surface area contributed by atoms with Crippen molar-refractivity contribution in [2.24, 2.45) is 5.92 Å². The zero-order valence-electron chi connectivity index (χ0n) is 19.5. The van der Waals surface area contributed by atoms with E-state index in [1.165, 1.54) is 0 Å². The summed E-state index contributed by atoms with van der Waals surface area (Å²) in [5, 5.41) is 11.7. The summed E-state index contributed by atoms with van der Waals surface area (Å²) in [6.45, 7) is 2.90. The Balaban J connectivity index is 1.14. The molecule has 2 amide bonds. The zero-order valence-corrected chi connectivity index (χ0v) is 19.5. The maximum Gasteiger partial charge on any atom is 0.228 e. The highest BCUT2D eigenvalue weighted by Gasteiger charge is 2.38. The molecule has 0 bridgehead atoms. The predicted molar refractivity (Wildman–Crippen MR) is 132 cm³/mol. The van der Waals surface area contributed by atoms with Crippen molar-refractivity contribution in [3.05, 3.63) is 60.8 Å². The number of anilines is 4. The number of hydrogen-bond acceptors (Lipinski definition) is 8. The molecule has 3 aromatic rings. The van der Waals surface area contributed by atoms with Gasteiger partial charge in [-0.3, -0.25) is 9.59 Å². The van der Waals surface area contributed by atoms with Crippen LogP contribution in [-0.4, -0.2) is 71.7 Å². The highest BCUT2D eigenvalue weighted by atomic mass is 16.5. The summed E-state index contributed by atoms with van der Waals surface area (Å²) in [7, 11) is 1.60. The van der Waals surface area contributed by atoms with Crippen LogP contribution in [0.1, 0.15) is 6.42 Å². The number of benzene rings is 1. The summed E-state index contributed by atoms with van der Waals surface area (Å²) in [4.78, 5) is 35.6. The van der Waals surface area contributed by atoms with Gasteiger partial charge in [0.15, 0.2) is 11.6 Å². The van der Waals surface area contributed by atoms with Crippen LogP contribution in [0.15, 0.2) is 60.8 Å². The Kier molecular flexibility index (Phi) is 6.42. The van der Waals surface area contributed by atoms with E-state index in [4.69, 9.17) is 4.74 Å². The van der Waals surface area contributed by atoms with Gasteiger partial charge < -0.3 is 24.8 Å². The minimum absolute atomic E-state index is 0.0261. The topological polar surface area (TPSA) is 104 Å². The third-order valence-electron chi connectivity index (χ3n) is 6.35. The predicted octanol–water partition coefficient (Wildman–Crippen LogP) is 2.33. The molecule has 35 heavy (non-hydrogen) atoms. The van der Waals surface area contributed by atoms with Gasteiger partial charge in [0.25, 0.3) is 0 Å². The average molecular weight is 474 g/mol. The summed E-state index contributed by atoms with van der Waals surface area (Å²) in [6, 6.07) is 16.7. The van der Waals surface area contributed by atoms with E-state index < -0.39 is 0 Å². The van der Waals surface area contributed by atoms with Gasteiger partial charge in [-0.25, -0.2) is 4.98 Å². The van der Waals surface area contributed by atoms with E-state index in [0.717, 1.165) is 17.3 Å². The van der Waals surface area contributed by atoms with Gasteiger partial charge in [-0.15, -0.1) is 10.2 Å². The molecular formula is C25H27N7O3. The van der Waals surface area contributed by atoms with Gasteiger partial charge in [-0.05, 0) is 48.5 Å². The van der Waals surface area contributed by atoms with Gasteiger partial charge in [-0.1, -0.05) is 6.07 Å². The molecule has 0 radical (unpaired) electrons. The molecule has 2 aliphatic rings. The molecule has 2 fully saturated rings. The van der Waals surface area contributed by atoms with Gasteiger partial charge in [0.1, 0.15) is 11.6 Å². The van der Waals surface area contributed by atoms with Crippen molar-refractivity contribution in [3.63, 3.8) is 0 Å². The van der Waals surface area contributed by atoms with Crippen LogP contribution in [0, 0.1) is 5.92 Å². The number of pyridine rings is 1. The van der Waals surface area contributed by atoms with Crippen LogP contribution < -0.4 is 19.9 Å². The number of nitrogens with one attached hydrogen (secondary N) is 1. The molecule has 4 heterocycles. The standard InChI is InChI=1S/C25H27N7O3/c1-35-20-7-5-19(6-8-20)32-17-18(16-24(32)33)25(34)31-14-12-30(13-15-31)23-10-9-22(28-29-23)27-21-4-2-3-11-26-21/h2-11,18H,12-17H2,1H3,(H,26,27,28). The summed E-state index contributed by atoms with van der Waals surface area (Å²) < 4.78 is 5.19. The second-order valence-electron chi connectivity index (χ2n) is 8.53. The Labute approximate surface area is 203 Å². The lowest BCUT2D eigenvalue weighted by atomic mass is 10.1. The third kappa shape index (κ3) is 5.01. The van der Waals surface area contributed by atoms with Crippen molar-refractivity contribution in [2.45, 2.75) is 6.42 Å². The Morgan fingerprint density at radius 2 is 1.77 bits per heavy atom. The quantitative estimate of drug-likeness (QED) is 0.582. The first kappa shape index (κ1) is 22.6. The van der Waals surface area contributed by atoms with Crippen LogP contribution in [0.3, 0.4) is 0 Å². The fourth-order valence-electron chi connectivity index (χ4n) is 4.43. The molecule has 1 unspecified atom stereocenters. The largest absolute Gasteiger partial charge is 0.497 e. The van der Waals surface area contributed by atoms with Crippen LogP contribution in [0.2, 0.25) is 0 Å². The number of nitrogens with zero attached hydrogens (tertiary/aromatic N) is 6. The van der Waals surface area contributed by atoms with Gasteiger partial charge in [0.05, 0.1) is 13.0 Å². The summed E-state index contributed by atoms with van der Waals surface area (Å²) >= 11 is 0. The number of aromatic nitrogens is 3. The SMILES string of the molecule is COc1ccc(N2CC(C(=O)N3CCN(c4ccc(Nc5ccccn5)nn4)CC3)CC2=O)cc1. The first-order valence-electron chi connectivity index (χ1n) is 11.6. The van der Waals surface area contributed by atoms with E-state index >= 15 is 0 Å². The normalized spacial score (nSPS) is 18.0. The Bertz CT molecular complexity index is 1160. The maximum absolute atomic E-state index is 13.2. The summed E-state index contributed by atoms with van der Waals surface area (Å²) in [6.07, 6.45) is 1.95. The number of carbonyl (C=O) groups excluding carboxylic acids is 2. The van der Waals surface area contributed by atoms with E-state index in [0.29, 0.717) is 44.4 Å². The fraction of sp³-hybridized carbons (Fsp3) is 0.320. The van der Waals surface area contributed by atoms with E-state index in [-0.39, 0.29) is 24.2 Å². The molecule has 2 aromatic heterocycles. The van der Waals surface area contributed by atoms with Crippen LogP contribution in [-0.2, 0) is 9.59 Å². The first-order chi connectivity index (χ1) is 17.1. The van der Waals surface area contributed by atoms with Crippen molar-refractivity contribution >= 4 is 35.0 Å². The number of ether oxygens (including phenoxy) is 1. The van der Waals surface area contributed by atoms with E-state index in [1.807, 2.05) is 59.5 Å². The maximum atomic E-state index is 13.2. The molecule has 0 aliphatic carbocycles. The number of rotatable bonds is 6. The number of piperazine rings is 1. The summed E-state index contributed by atoms with van der Waals surface area (Å²) in [5.41, 5.74) is 0.787. The van der Waals surface area contributed by atoms with Crippen molar-refractivity contribution in [2.75, 3.05) is 55.0 Å². The minimum atomic E-state index is -0.326.